The van der Waals surface area contributed by atoms with Gasteiger partial charge in [-0.15, -0.1) is 0 Å². The van der Waals surface area contributed by atoms with Gasteiger partial charge >= 0.3 is 0 Å². The Kier molecular flexibility index (Phi) is 49.5. The van der Waals surface area contributed by atoms with Crippen molar-refractivity contribution in [3.8, 4) is 0 Å². The zero-order valence-corrected chi connectivity index (χ0v) is 46.9. The summed E-state index contributed by atoms with van der Waals surface area (Å²) in [6.07, 6.45) is 68.2. The van der Waals surface area contributed by atoms with Crippen LogP contribution in [0, 0.1) is 0 Å². The summed E-state index contributed by atoms with van der Waals surface area (Å²) in [6, 6.07) is -0.846. The highest BCUT2D eigenvalue weighted by molar-refractivity contribution is 5.76. The predicted molar refractivity (Wildman–Crippen MR) is 308 cm³/mol. The van der Waals surface area contributed by atoms with E-state index in [0.717, 1.165) is 70.6 Å². The molecule has 0 saturated carbocycles. The molecule has 9 nitrogen and oxygen atoms in total. The van der Waals surface area contributed by atoms with Crippen molar-refractivity contribution < 1.29 is 39.8 Å². The lowest BCUT2D eigenvalue weighted by molar-refractivity contribution is -0.302. The van der Waals surface area contributed by atoms with E-state index in [0.29, 0.717) is 12.8 Å². The van der Waals surface area contributed by atoms with E-state index in [4.69, 9.17) is 9.47 Å². The third kappa shape index (κ3) is 42.2. The summed E-state index contributed by atoms with van der Waals surface area (Å²) in [7, 11) is 0. The Hall–Kier alpha value is -2.63. The first kappa shape index (κ1) is 68.4. The van der Waals surface area contributed by atoms with Crippen molar-refractivity contribution in [2.45, 2.75) is 301 Å². The van der Waals surface area contributed by atoms with Crippen LogP contribution in [0.1, 0.15) is 258 Å². The number of carbonyl (C=O) groups excluding carboxylic acids is 1. The Labute approximate surface area is 448 Å². The van der Waals surface area contributed by atoms with Crippen LogP contribution >= 0.6 is 0 Å². The number of amides is 1. The Morgan fingerprint density at radius 2 is 0.863 bits per heavy atom. The molecule has 0 aromatic heterocycles. The number of aliphatic hydroxyl groups is 5. The van der Waals surface area contributed by atoms with Crippen LogP contribution < -0.4 is 5.32 Å². The first-order valence-electron chi connectivity index (χ1n) is 30.3. The van der Waals surface area contributed by atoms with Gasteiger partial charge in [-0.1, -0.05) is 259 Å². The van der Waals surface area contributed by atoms with Crippen LogP contribution in [-0.4, -0.2) is 87.5 Å². The standard InChI is InChI=1S/C64H113NO8/c1-3-5-7-9-11-13-15-17-19-21-23-24-25-26-27-28-29-30-31-32-33-34-36-37-39-41-43-45-47-49-51-53-58(67)57(56-72-64-63(71)62(70)61(69)59(55-66)73-64)65-60(68)54-52-50-48-46-44-42-40-38-35-22-20-18-16-14-12-10-8-6-4-2/h6,8,12,14,18,20,35,38,42-45,51,53,57-59,61-64,66-67,69-71H,3-5,7,9-11,13,15-17,19,21-34,36-37,39-41,46-50,52,54-56H2,1-2H3,(H,65,68)/b8-6-,14-12-,20-18-,38-35-,44-42-,45-43+,53-51+. The highest BCUT2D eigenvalue weighted by Crippen LogP contribution is 2.23. The molecule has 0 aromatic carbocycles. The molecule has 422 valence electrons. The van der Waals surface area contributed by atoms with Gasteiger partial charge in [-0.2, -0.15) is 0 Å². The first-order valence-corrected chi connectivity index (χ1v) is 30.3. The molecule has 0 aliphatic carbocycles. The van der Waals surface area contributed by atoms with Crippen LogP contribution in [0.3, 0.4) is 0 Å². The van der Waals surface area contributed by atoms with E-state index in [-0.39, 0.29) is 12.5 Å². The second-order valence-corrected chi connectivity index (χ2v) is 20.8. The molecule has 7 unspecified atom stereocenters. The number of aliphatic hydroxyl groups excluding tert-OH is 5. The molecule has 1 fully saturated rings. The Morgan fingerprint density at radius 3 is 1.32 bits per heavy atom. The molecule has 6 N–H and O–H groups in total. The predicted octanol–water partition coefficient (Wildman–Crippen LogP) is 15.4. The second kappa shape index (κ2) is 52.8. The van der Waals surface area contributed by atoms with Gasteiger partial charge < -0.3 is 40.3 Å². The normalized spacial score (nSPS) is 19.7. The van der Waals surface area contributed by atoms with Crippen molar-refractivity contribution in [3.05, 3.63) is 85.1 Å². The first-order chi connectivity index (χ1) is 35.8. The number of hydrogen-bond acceptors (Lipinski definition) is 8. The van der Waals surface area contributed by atoms with Gasteiger partial charge in [-0.05, 0) is 77.0 Å². The molecule has 1 aliphatic heterocycles. The maximum Gasteiger partial charge on any atom is 0.220 e. The minimum absolute atomic E-state index is 0.219. The summed E-state index contributed by atoms with van der Waals surface area (Å²) in [5, 5.41) is 54.5. The van der Waals surface area contributed by atoms with E-state index in [9.17, 15) is 30.3 Å². The van der Waals surface area contributed by atoms with Crippen molar-refractivity contribution in [1.29, 1.82) is 0 Å². The molecule has 1 rings (SSSR count). The third-order valence-electron chi connectivity index (χ3n) is 14.0. The number of nitrogens with one attached hydrogen (secondary N) is 1. The number of rotatable bonds is 51. The molecule has 1 saturated heterocycles. The Morgan fingerprint density at radius 1 is 0.479 bits per heavy atom. The van der Waals surface area contributed by atoms with Crippen LogP contribution in [0.5, 0.6) is 0 Å². The Bertz CT molecular complexity index is 1420. The average molecular weight is 1020 g/mol. The van der Waals surface area contributed by atoms with Crippen molar-refractivity contribution in [1.82, 2.24) is 5.32 Å². The van der Waals surface area contributed by atoms with E-state index >= 15 is 0 Å². The largest absolute Gasteiger partial charge is 0.394 e. The summed E-state index contributed by atoms with van der Waals surface area (Å²) >= 11 is 0. The van der Waals surface area contributed by atoms with Gasteiger partial charge in [0.25, 0.3) is 0 Å². The van der Waals surface area contributed by atoms with Crippen LogP contribution in [0.4, 0.5) is 0 Å². The lowest BCUT2D eigenvalue weighted by Gasteiger charge is -2.40. The summed E-state index contributed by atoms with van der Waals surface area (Å²) in [5.74, 6) is -0.219. The van der Waals surface area contributed by atoms with Gasteiger partial charge in [0, 0.05) is 6.42 Å². The fourth-order valence-electron chi connectivity index (χ4n) is 9.20. The smallest absolute Gasteiger partial charge is 0.220 e. The monoisotopic (exact) mass is 1020 g/mol. The number of carbonyl (C=O) groups is 1. The molecule has 1 aliphatic rings. The number of hydrogen-bond donors (Lipinski definition) is 6. The van der Waals surface area contributed by atoms with Crippen LogP contribution in [0.2, 0.25) is 0 Å². The topological polar surface area (TPSA) is 149 Å². The fraction of sp³-hybridized carbons (Fsp3) is 0.766. The third-order valence-corrected chi connectivity index (χ3v) is 14.0. The van der Waals surface area contributed by atoms with E-state index in [2.05, 4.69) is 92.1 Å². The quantitative estimate of drug-likeness (QED) is 0.0261. The maximum absolute atomic E-state index is 13.0. The fourth-order valence-corrected chi connectivity index (χ4v) is 9.20. The van der Waals surface area contributed by atoms with E-state index < -0.39 is 49.5 Å². The highest BCUT2D eigenvalue weighted by atomic mass is 16.7. The van der Waals surface area contributed by atoms with E-state index in [1.165, 1.54) is 161 Å². The molecule has 0 radical (unpaired) electrons. The SMILES string of the molecule is CC/C=C\C/C=C\C/C=C\C/C=C\C/C=C\CCCCCC(=O)NC(COC1OC(CO)C(O)C(O)C1O)C(O)/C=C/CC/C=C/CCCCCCCCCCCCCCCCCCCCCCCCCCC. The molecule has 0 bridgehead atoms. The van der Waals surface area contributed by atoms with Crippen LogP contribution in [-0.2, 0) is 14.3 Å². The zero-order valence-electron chi connectivity index (χ0n) is 46.9. The van der Waals surface area contributed by atoms with Gasteiger partial charge in [0.2, 0.25) is 5.91 Å². The Balaban J connectivity index is 2.22. The molecular weight excluding hydrogens is 911 g/mol. The molecule has 73 heavy (non-hydrogen) atoms. The average Bonchev–Trinajstić information content (AvgIpc) is 3.39. The minimum atomic E-state index is -1.58. The summed E-state index contributed by atoms with van der Waals surface area (Å²) < 4.78 is 11.2. The summed E-state index contributed by atoms with van der Waals surface area (Å²) in [5.41, 5.74) is 0. The molecule has 0 spiro atoms. The van der Waals surface area contributed by atoms with Crippen LogP contribution in [0.25, 0.3) is 0 Å². The molecule has 1 amide bonds. The number of unbranched alkanes of at least 4 members (excludes halogenated alkanes) is 29. The zero-order chi connectivity index (χ0) is 52.9. The van der Waals surface area contributed by atoms with Gasteiger partial charge in [0.1, 0.15) is 24.4 Å². The highest BCUT2D eigenvalue weighted by Gasteiger charge is 2.44. The van der Waals surface area contributed by atoms with Crippen molar-refractivity contribution in [2.24, 2.45) is 0 Å². The maximum atomic E-state index is 13.0. The molecule has 9 heteroatoms. The van der Waals surface area contributed by atoms with Gasteiger partial charge in [-0.25, -0.2) is 0 Å². The number of allylic oxidation sites excluding steroid dienone is 13. The molecular formula is C64H113NO8. The summed E-state index contributed by atoms with van der Waals surface area (Å²) in [6.45, 7) is 3.64. The minimum Gasteiger partial charge on any atom is -0.394 e. The number of ether oxygens (including phenoxy) is 2. The van der Waals surface area contributed by atoms with Crippen molar-refractivity contribution in [2.75, 3.05) is 13.2 Å². The molecule has 1 heterocycles. The van der Waals surface area contributed by atoms with Gasteiger partial charge in [0.15, 0.2) is 6.29 Å². The lowest BCUT2D eigenvalue weighted by atomic mass is 9.99. The van der Waals surface area contributed by atoms with E-state index in [1.807, 2.05) is 6.08 Å². The second-order valence-electron chi connectivity index (χ2n) is 20.8. The molecule has 0 aromatic rings. The molecule has 7 atom stereocenters. The van der Waals surface area contributed by atoms with Crippen LogP contribution in [0.15, 0.2) is 85.1 Å². The summed E-state index contributed by atoms with van der Waals surface area (Å²) in [4.78, 5) is 13.0. The lowest BCUT2D eigenvalue weighted by Crippen LogP contribution is -2.60. The van der Waals surface area contributed by atoms with Crippen molar-refractivity contribution in [3.63, 3.8) is 0 Å². The van der Waals surface area contributed by atoms with E-state index in [1.54, 1.807) is 6.08 Å². The van der Waals surface area contributed by atoms with Gasteiger partial charge in [-0.3, -0.25) is 4.79 Å². The van der Waals surface area contributed by atoms with Crippen molar-refractivity contribution >= 4 is 5.91 Å². The van der Waals surface area contributed by atoms with Gasteiger partial charge in [0.05, 0.1) is 25.4 Å².